The molecule has 174 valence electrons. The zero-order valence-corrected chi connectivity index (χ0v) is 20.8. The number of hydrogen-bond donors (Lipinski definition) is 2. The van der Waals surface area contributed by atoms with Crippen LogP contribution in [0.25, 0.3) is 33.3 Å². The standard InChI is InChI=1S/C30H27N3OS/c1-19-8-12-23(13-9-19)27-28(24-14-10-20(2)11-15-24)33-30(32-27)35-21(3)29(34)31-26-17-16-22-6-4-5-7-25(22)18-26/h4-18,21H,1-3H3,(H,31,34)(H,32,33). The zero-order chi connectivity index (χ0) is 24.4. The first-order valence-electron chi connectivity index (χ1n) is 11.7. The van der Waals surface area contributed by atoms with Crippen LogP contribution in [0.1, 0.15) is 18.1 Å². The van der Waals surface area contributed by atoms with Gasteiger partial charge in [-0.25, -0.2) is 4.98 Å². The Balaban J connectivity index is 1.39. The number of thioether (sulfide) groups is 1. The number of anilines is 1. The number of aromatic nitrogens is 2. The fourth-order valence-electron chi connectivity index (χ4n) is 3.99. The Morgan fingerprint density at radius 1 is 0.829 bits per heavy atom. The second-order valence-corrected chi connectivity index (χ2v) is 10.1. The van der Waals surface area contributed by atoms with E-state index >= 15 is 0 Å². The smallest absolute Gasteiger partial charge is 0.237 e. The number of nitrogens with zero attached hydrogens (tertiary/aromatic N) is 1. The number of fused-ring (bicyclic) bond motifs is 1. The van der Waals surface area contributed by atoms with Crippen LogP contribution >= 0.6 is 11.8 Å². The molecule has 0 radical (unpaired) electrons. The molecule has 0 aliphatic heterocycles. The van der Waals surface area contributed by atoms with Gasteiger partial charge in [0.25, 0.3) is 0 Å². The van der Waals surface area contributed by atoms with E-state index in [0.717, 1.165) is 44.1 Å². The van der Waals surface area contributed by atoms with Crippen LogP contribution < -0.4 is 5.32 Å². The molecule has 0 fully saturated rings. The summed E-state index contributed by atoms with van der Waals surface area (Å²) in [7, 11) is 0. The molecule has 0 saturated heterocycles. The van der Waals surface area contributed by atoms with Crippen molar-refractivity contribution < 1.29 is 4.79 Å². The van der Waals surface area contributed by atoms with E-state index in [4.69, 9.17) is 4.98 Å². The van der Waals surface area contributed by atoms with Gasteiger partial charge in [-0.15, -0.1) is 0 Å². The summed E-state index contributed by atoms with van der Waals surface area (Å²) < 4.78 is 0. The molecule has 0 spiro atoms. The van der Waals surface area contributed by atoms with Crippen molar-refractivity contribution in [2.45, 2.75) is 31.2 Å². The van der Waals surface area contributed by atoms with Crippen LogP contribution in [0, 0.1) is 13.8 Å². The zero-order valence-electron chi connectivity index (χ0n) is 20.0. The number of hydrogen-bond acceptors (Lipinski definition) is 3. The fraction of sp³-hybridized carbons (Fsp3) is 0.133. The highest BCUT2D eigenvalue weighted by molar-refractivity contribution is 8.00. The first kappa shape index (κ1) is 22.9. The molecular formula is C30H27N3OS. The van der Waals surface area contributed by atoms with Crippen molar-refractivity contribution in [3.63, 3.8) is 0 Å². The molecule has 1 atom stereocenters. The maximum absolute atomic E-state index is 13.0. The monoisotopic (exact) mass is 477 g/mol. The van der Waals surface area contributed by atoms with E-state index in [1.165, 1.54) is 22.9 Å². The summed E-state index contributed by atoms with van der Waals surface area (Å²) in [6.45, 7) is 6.06. The predicted octanol–water partition coefficient (Wildman–Crippen LogP) is 7.63. The molecule has 35 heavy (non-hydrogen) atoms. The Labute approximate surface area is 209 Å². The number of carbonyl (C=O) groups is 1. The third kappa shape index (κ3) is 5.15. The Morgan fingerprint density at radius 2 is 1.46 bits per heavy atom. The minimum absolute atomic E-state index is 0.0598. The van der Waals surface area contributed by atoms with E-state index in [0.29, 0.717) is 0 Å². The first-order chi connectivity index (χ1) is 17.0. The van der Waals surface area contributed by atoms with Gasteiger partial charge < -0.3 is 10.3 Å². The normalized spacial score (nSPS) is 12.0. The largest absolute Gasteiger partial charge is 0.332 e. The lowest BCUT2D eigenvalue weighted by Crippen LogP contribution is -2.22. The van der Waals surface area contributed by atoms with Crippen LogP contribution in [-0.2, 0) is 4.79 Å². The van der Waals surface area contributed by atoms with Gasteiger partial charge in [0, 0.05) is 16.8 Å². The third-order valence-electron chi connectivity index (χ3n) is 6.02. The van der Waals surface area contributed by atoms with Crippen LogP contribution in [0.15, 0.2) is 96.2 Å². The highest BCUT2D eigenvalue weighted by Crippen LogP contribution is 2.34. The second kappa shape index (κ2) is 9.80. The van der Waals surface area contributed by atoms with Gasteiger partial charge in [0.15, 0.2) is 5.16 Å². The van der Waals surface area contributed by atoms with Crippen molar-refractivity contribution in [2.75, 3.05) is 5.32 Å². The lowest BCUT2D eigenvalue weighted by atomic mass is 10.0. The number of carbonyl (C=O) groups excluding carboxylic acids is 1. The molecule has 5 heteroatoms. The number of amides is 1. The van der Waals surface area contributed by atoms with E-state index in [9.17, 15) is 4.79 Å². The topological polar surface area (TPSA) is 57.8 Å². The van der Waals surface area contributed by atoms with Crippen molar-refractivity contribution in [1.82, 2.24) is 9.97 Å². The van der Waals surface area contributed by atoms with Crippen molar-refractivity contribution in [3.05, 3.63) is 102 Å². The highest BCUT2D eigenvalue weighted by atomic mass is 32.2. The summed E-state index contributed by atoms with van der Waals surface area (Å²) in [5, 5.41) is 5.69. The average molecular weight is 478 g/mol. The Bertz CT molecular complexity index is 1420. The Kier molecular flexibility index (Phi) is 6.43. The number of aryl methyl sites for hydroxylation is 2. The van der Waals surface area contributed by atoms with Gasteiger partial charge in [-0.05, 0) is 43.7 Å². The number of nitrogens with one attached hydrogen (secondary N) is 2. The first-order valence-corrected chi connectivity index (χ1v) is 12.5. The quantitative estimate of drug-likeness (QED) is 0.247. The Hall–Kier alpha value is -3.83. The second-order valence-electron chi connectivity index (χ2n) is 8.81. The van der Waals surface area contributed by atoms with E-state index in [2.05, 4.69) is 78.7 Å². The van der Waals surface area contributed by atoms with Gasteiger partial charge >= 0.3 is 0 Å². The number of aromatic amines is 1. The minimum atomic E-state index is -0.329. The van der Waals surface area contributed by atoms with Crippen LogP contribution in [0.3, 0.4) is 0 Å². The summed E-state index contributed by atoms with van der Waals surface area (Å²) >= 11 is 1.43. The molecule has 1 amide bonds. The van der Waals surface area contributed by atoms with Crippen LogP contribution in [0.5, 0.6) is 0 Å². The molecule has 0 saturated carbocycles. The van der Waals surface area contributed by atoms with E-state index in [1.807, 2.05) is 43.3 Å². The minimum Gasteiger partial charge on any atom is -0.332 e. The fourth-order valence-corrected chi connectivity index (χ4v) is 4.79. The Morgan fingerprint density at radius 3 is 2.14 bits per heavy atom. The van der Waals surface area contributed by atoms with Gasteiger partial charge in [-0.2, -0.15) is 0 Å². The van der Waals surface area contributed by atoms with Gasteiger partial charge in [0.05, 0.1) is 16.6 Å². The van der Waals surface area contributed by atoms with Crippen LogP contribution in [0.2, 0.25) is 0 Å². The van der Waals surface area contributed by atoms with Gasteiger partial charge in [-0.1, -0.05) is 102 Å². The van der Waals surface area contributed by atoms with E-state index in [1.54, 1.807) is 0 Å². The SMILES string of the molecule is Cc1ccc(-c2nc(SC(C)C(=O)Nc3ccc4ccccc4c3)[nH]c2-c2ccc(C)cc2)cc1. The molecule has 5 aromatic rings. The van der Waals surface area contributed by atoms with E-state index < -0.39 is 0 Å². The number of imidazole rings is 1. The molecule has 1 unspecified atom stereocenters. The molecule has 1 heterocycles. The molecule has 1 aromatic heterocycles. The number of H-pyrrole nitrogens is 1. The highest BCUT2D eigenvalue weighted by Gasteiger charge is 2.20. The molecule has 2 N–H and O–H groups in total. The summed E-state index contributed by atoms with van der Waals surface area (Å²) in [6.07, 6.45) is 0. The van der Waals surface area contributed by atoms with Crippen molar-refractivity contribution in [2.24, 2.45) is 0 Å². The number of benzene rings is 4. The summed E-state index contributed by atoms with van der Waals surface area (Å²) in [5.74, 6) is -0.0598. The van der Waals surface area contributed by atoms with Crippen molar-refractivity contribution in [3.8, 4) is 22.5 Å². The maximum atomic E-state index is 13.0. The maximum Gasteiger partial charge on any atom is 0.237 e. The summed E-state index contributed by atoms with van der Waals surface area (Å²) in [6, 6.07) is 30.9. The molecule has 4 aromatic carbocycles. The molecule has 0 aliphatic carbocycles. The van der Waals surface area contributed by atoms with Crippen molar-refractivity contribution in [1.29, 1.82) is 0 Å². The van der Waals surface area contributed by atoms with E-state index in [-0.39, 0.29) is 11.2 Å². The van der Waals surface area contributed by atoms with Crippen molar-refractivity contribution >= 4 is 34.1 Å². The average Bonchev–Trinajstić information content (AvgIpc) is 3.28. The third-order valence-corrected chi connectivity index (χ3v) is 7.01. The number of rotatable bonds is 6. The molecular weight excluding hydrogens is 450 g/mol. The van der Waals surface area contributed by atoms with Gasteiger partial charge in [-0.3, -0.25) is 4.79 Å². The van der Waals surface area contributed by atoms with Crippen LogP contribution in [-0.4, -0.2) is 21.1 Å². The molecule has 0 bridgehead atoms. The van der Waals surface area contributed by atoms with Crippen LogP contribution in [0.4, 0.5) is 5.69 Å². The lowest BCUT2D eigenvalue weighted by Gasteiger charge is -2.11. The summed E-state index contributed by atoms with van der Waals surface area (Å²) in [4.78, 5) is 21.4. The van der Waals surface area contributed by atoms with Gasteiger partial charge in [0.2, 0.25) is 5.91 Å². The molecule has 0 aliphatic rings. The predicted molar refractivity (Wildman–Crippen MR) is 147 cm³/mol. The summed E-state index contributed by atoms with van der Waals surface area (Å²) in [5.41, 5.74) is 7.16. The molecule has 5 rings (SSSR count). The molecule has 4 nitrogen and oxygen atoms in total. The lowest BCUT2D eigenvalue weighted by molar-refractivity contribution is -0.115. The van der Waals surface area contributed by atoms with Gasteiger partial charge in [0.1, 0.15) is 0 Å².